The van der Waals surface area contributed by atoms with Gasteiger partial charge < -0.3 is 4.74 Å². The minimum Gasteiger partial charge on any atom is -0.480 e. The molecule has 0 saturated heterocycles. The number of halogens is 1. The summed E-state index contributed by atoms with van der Waals surface area (Å²) in [6.07, 6.45) is 1.12. The molecule has 0 atom stereocenters. The minimum absolute atomic E-state index is 0.446. The van der Waals surface area contributed by atoms with E-state index in [1.807, 2.05) is 0 Å². The number of hydroxylamine groups is 1. The molecule has 0 saturated carbocycles. The average Bonchev–Trinajstić information content (AvgIpc) is 2.16. The molecular formula is C7H8BrN3O2. The van der Waals surface area contributed by atoms with E-state index in [-0.39, 0.29) is 0 Å². The number of ether oxygens (including phenoxy) is 1. The molecule has 0 bridgehead atoms. The standard InChI is InChI=1S/C7H8BrN3O2/c1-13-7-5(8)2-3-6(11-7)9-4-10-12/h2-4,12H,1H3,(H,9,10,11). The molecule has 0 aliphatic rings. The highest BCUT2D eigenvalue weighted by molar-refractivity contribution is 9.10. The number of nitrogens with one attached hydrogen (secondary N) is 1. The van der Waals surface area contributed by atoms with Gasteiger partial charge in [0.15, 0.2) is 5.82 Å². The van der Waals surface area contributed by atoms with Crippen molar-refractivity contribution in [1.82, 2.24) is 10.5 Å². The Kier molecular flexibility index (Phi) is 3.66. The summed E-state index contributed by atoms with van der Waals surface area (Å²) >= 11 is 3.25. The normalized spacial score (nSPS) is 10.4. The molecule has 6 heteroatoms. The Labute approximate surface area is 83.6 Å². The van der Waals surface area contributed by atoms with Crippen LogP contribution < -0.4 is 10.2 Å². The molecule has 0 amide bonds. The fourth-order valence-electron chi connectivity index (χ4n) is 0.724. The van der Waals surface area contributed by atoms with Crippen molar-refractivity contribution in [2.45, 2.75) is 0 Å². The van der Waals surface area contributed by atoms with E-state index in [9.17, 15) is 0 Å². The smallest absolute Gasteiger partial charge is 0.229 e. The van der Waals surface area contributed by atoms with Gasteiger partial charge in [0.05, 0.1) is 11.6 Å². The first-order chi connectivity index (χ1) is 6.27. The van der Waals surface area contributed by atoms with Crippen LogP contribution in [0, 0.1) is 0 Å². The van der Waals surface area contributed by atoms with Crippen molar-refractivity contribution in [3.8, 4) is 5.88 Å². The third-order valence-corrected chi connectivity index (χ3v) is 1.85. The maximum absolute atomic E-state index is 8.24. The number of aromatic nitrogens is 1. The van der Waals surface area contributed by atoms with Gasteiger partial charge >= 0.3 is 0 Å². The second kappa shape index (κ2) is 4.78. The predicted octanol–water partition coefficient (Wildman–Crippen LogP) is 1.49. The first kappa shape index (κ1) is 9.94. The van der Waals surface area contributed by atoms with Gasteiger partial charge in [-0.2, -0.15) is 4.98 Å². The van der Waals surface area contributed by atoms with Crippen LogP contribution in [-0.4, -0.2) is 23.6 Å². The molecule has 0 aromatic carbocycles. The van der Waals surface area contributed by atoms with Crippen molar-refractivity contribution in [1.29, 1.82) is 0 Å². The second-order valence-electron chi connectivity index (χ2n) is 2.05. The lowest BCUT2D eigenvalue weighted by Gasteiger charge is -2.01. The zero-order valence-electron chi connectivity index (χ0n) is 6.86. The van der Waals surface area contributed by atoms with E-state index in [1.165, 1.54) is 7.11 Å². The van der Waals surface area contributed by atoms with E-state index >= 15 is 0 Å². The Morgan fingerprint density at radius 3 is 3.08 bits per heavy atom. The third-order valence-electron chi connectivity index (χ3n) is 1.25. The van der Waals surface area contributed by atoms with Gasteiger partial charge in [0, 0.05) is 0 Å². The summed E-state index contributed by atoms with van der Waals surface area (Å²) < 4.78 is 5.71. The largest absolute Gasteiger partial charge is 0.480 e. The molecule has 1 aromatic rings. The summed E-state index contributed by atoms with van der Waals surface area (Å²) in [5.74, 6) is 0.897. The third kappa shape index (κ3) is 2.67. The van der Waals surface area contributed by atoms with Crippen LogP contribution in [0.1, 0.15) is 0 Å². The quantitative estimate of drug-likeness (QED) is 0.481. The first-order valence-corrected chi connectivity index (χ1v) is 4.20. The van der Waals surface area contributed by atoms with Crippen LogP contribution in [0.25, 0.3) is 0 Å². The molecule has 5 nitrogen and oxygen atoms in total. The Morgan fingerprint density at radius 2 is 2.46 bits per heavy atom. The van der Waals surface area contributed by atoms with Crippen molar-refractivity contribution in [2.24, 2.45) is 4.99 Å². The topological polar surface area (TPSA) is 66.7 Å². The highest BCUT2D eigenvalue weighted by Gasteiger charge is 2.01. The maximum Gasteiger partial charge on any atom is 0.229 e. The second-order valence-corrected chi connectivity index (χ2v) is 2.90. The van der Waals surface area contributed by atoms with Gasteiger partial charge in [0.2, 0.25) is 5.88 Å². The van der Waals surface area contributed by atoms with Crippen LogP contribution in [0.5, 0.6) is 5.88 Å². The average molecular weight is 246 g/mol. The molecular weight excluding hydrogens is 238 g/mol. The molecule has 0 aliphatic carbocycles. The van der Waals surface area contributed by atoms with Crippen LogP contribution in [0.15, 0.2) is 21.6 Å². The van der Waals surface area contributed by atoms with Crippen molar-refractivity contribution in [3.63, 3.8) is 0 Å². The minimum atomic E-state index is 0.446. The fraction of sp³-hybridized carbons (Fsp3) is 0.143. The van der Waals surface area contributed by atoms with Gasteiger partial charge in [-0.25, -0.2) is 4.99 Å². The van der Waals surface area contributed by atoms with Crippen molar-refractivity contribution >= 4 is 28.1 Å². The van der Waals surface area contributed by atoms with E-state index in [0.29, 0.717) is 11.7 Å². The summed E-state index contributed by atoms with van der Waals surface area (Å²) in [4.78, 5) is 7.79. The number of hydrogen-bond acceptors (Lipinski definition) is 4. The Bertz CT molecular complexity index is 317. The van der Waals surface area contributed by atoms with Gasteiger partial charge in [-0.15, -0.1) is 0 Å². The van der Waals surface area contributed by atoms with Gasteiger partial charge in [-0.1, -0.05) is 0 Å². The van der Waals surface area contributed by atoms with Gasteiger partial charge in [-0.05, 0) is 28.1 Å². The number of methoxy groups -OCH3 is 1. The zero-order valence-corrected chi connectivity index (χ0v) is 8.45. The molecule has 1 heterocycles. The highest BCUT2D eigenvalue weighted by Crippen LogP contribution is 2.24. The lowest BCUT2D eigenvalue weighted by molar-refractivity contribution is 0.240. The first-order valence-electron chi connectivity index (χ1n) is 3.40. The Hall–Kier alpha value is -1.14. The molecule has 0 aliphatic heterocycles. The molecule has 1 aromatic heterocycles. The van der Waals surface area contributed by atoms with Crippen molar-refractivity contribution in [3.05, 3.63) is 16.6 Å². The highest BCUT2D eigenvalue weighted by atomic mass is 79.9. The van der Waals surface area contributed by atoms with E-state index < -0.39 is 0 Å². The van der Waals surface area contributed by atoms with Crippen molar-refractivity contribution in [2.75, 3.05) is 7.11 Å². The molecule has 0 unspecified atom stereocenters. The van der Waals surface area contributed by atoms with Gasteiger partial charge in [0.1, 0.15) is 6.34 Å². The molecule has 0 spiro atoms. The number of pyridine rings is 1. The van der Waals surface area contributed by atoms with Crippen LogP contribution in [-0.2, 0) is 0 Å². The number of rotatable bonds is 3. The molecule has 0 radical (unpaired) electrons. The zero-order chi connectivity index (χ0) is 9.68. The molecule has 0 fully saturated rings. The number of hydrogen-bond donors (Lipinski definition) is 2. The van der Waals surface area contributed by atoms with Crippen LogP contribution in [0.4, 0.5) is 5.82 Å². The molecule has 13 heavy (non-hydrogen) atoms. The van der Waals surface area contributed by atoms with Gasteiger partial charge in [0.25, 0.3) is 0 Å². The number of aliphatic imine (C=N–C) groups is 1. The monoisotopic (exact) mass is 245 g/mol. The van der Waals surface area contributed by atoms with Gasteiger partial charge in [-0.3, -0.25) is 10.7 Å². The predicted molar refractivity (Wildman–Crippen MR) is 51.6 cm³/mol. The SMILES string of the molecule is COc1nc(N=CNO)ccc1Br. The lowest BCUT2D eigenvalue weighted by atomic mass is 10.4. The number of nitrogens with zero attached hydrogens (tertiary/aromatic N) is 2. The van der Waals surface area contributed by atoms with E-state index in [4.69, 9.17) is 9.94 Å². The van der Waals surface area contributed by atoms with Crippen LogP contribution >= 0.6 is 15.9 Å². The summed E-state index contributed by atoms with van der Waals surface area (Å²) in [5, 5.41) is 8.24. The summed E-state index contributed by atoms with van der Waals surface area (Å²) in [7, 11) is 1.52. The molecule has 2 N–H and O–H groups in total. The van der Waals surface area contributed by atoms with E-state index in [0.717, 1.165) is 10.8 Å². The Morgan fingerprint density at radius 1 is 1.69 bits per heavy atom. The van der Waals surface area contributed by atoms with E-state index in [1.54, 1.807) is 17.6 Å². The maximum atomic E-state index is 8.24. The fourth-order valence-corrected chi connectivity index (χ4v) is 1.11. The molecule has 1 rings (SSSR count). The van der Waals surface area contributed by atoms with Crippen molar-refractivity contribution < 1.29 is 9.94 Å². The summed E-state index contributed by atoms with van der Waals surface area (Å²) in [5.41, 5.74) is 1.78. The lowest BCUT2D eigenvalue weighted by Crippen LogP contribution is -2.01. The van der Waals surface area contributed by atoms with Crippen LogP contribution in [0.2, 0.25) is 0 Å². The molecule has 70 valence electrons. The van der Waals surface area contributed by atoms with E-state index in [2.05, 4.69) is 25.9 Å². The Balaban J connectivity index is 2.92. The summed E-state index contributed by atoms with van der Waals surface area (Å²) in [6.45, 7) is 0. The van der Waals surface area contributed by atoms with Crippen LogP contribution in [0.3, 0.4) is 0 Å². The summed E-state index contributed by atoms with van der Waals surface area (Å²) in [6, 6.07) is 3.44.